The first-order valence-corrected chi connectivity index (χ1v) is 10.5. The molecule has 1 aliphatic heterocycles. The van der Waals surface area contributed by atoms with Crippen LogP contribution >= 0.6 is 0 Å². The quantitative estimate of drug-likeness (QED) is 0.297. The molecule has 0 N–H and O–H groups in total. The Kier molecular flexibility index (Phi) is 7.13. The van der Waals surface area contributed by atoms with Gasteiger partial charge in [0, 0.05) is 17.0 Å². The van der Waals surface area contributed by atoms with Crippen molar-refractivity contribution in [3.05, 3.63) is 88.5 Å². The second-order valence-electron chi connectivity index (χ2n) is 7.91. The summed E-state index contributed by atoms with van der Waals surface area (Å²) in [5, 5.41) is 0. The fourth-order valence-corrected chi connectivity index (χ4v) is 3.61. The molecule has 1 saturated heterocycles. The van der Waals surface area contributed by atoms with Crippen molar-refractivity contribution in [2.75, 3.05) is 19.8 Å². The number of benzene rings is 3. The summed E-state index contributed by atoms with van der Waals surface area (Å²) in [4.78, 5) is 0. The molecule has 0 radical (unpaired) electrons. The van der Waals surface area contributed by atoms with Crippen molar-refractivity contribution in [2.45, 2.75) is 19.6 Å². The molecule has 0 bridgehead atoms. The lowest BCUT2D eigenvalue weighted by atomic mass is 10.0. The first kappa shape index (κ1) is 24.1. The highest BCUT2D eigenvalue weighted by Gasteiger charge is 2.26. The van der Waals surface area contributed by atoms with Crippen molar-refractivity contribution in [2.24, 2.45) is 5.92 Å². The van der Waals surface area contributed by atoms with Gasteiger partial charge in [0.15, 0.2) is 41.1 Å². The van der Waals surface area contributed by atoms with E-state index in [9.17, 15) is 26.3 Å². The predicted molar refractivity (Wildman–Crippen MR) is 111 cm³/mol. The van der Waals surface area contributed by atoms with Gasteiger partial charge < -0.3 is 14.2 Å². The van der Waals surface area contributed by atoms with Crippen molar-refractivity contribution >= 4 is 0 Å². The van der Waals surface area contributed by atoms with Crippen LogP contribution in [0.1, 0.15) is 24.3 Å². The molecule has 3 aromatic carbocycles. The molecule has 180 valence electrons. The van der Waals surface area contributed by atoms with Crippen LogP contribution in [0.25, 0.3) is 11.1 Å². The van der Waals surface area contributed by atoms with E-state index in [2.05, 4.69) is 0 Å². The van der Waals surface area contributed by atoms with Crippen LogP contribution in [0.5, 0.6) is 5.75 Å². The zero-order chi connectivity index (χ0) is 24.4. The third-order valence-electron chi connectivity index (χ3n) is 5.46. The van der Waals surface area contributed by atoms with E-state index in [0.29, 0.717) is 29.7 Å². The first-order valence-electron chi connectivity index (χ1n) is 10.5. The molecule has 4 rings (SSSR count). The second kappa shape index (κ2) is 10.1. The van der Waals surface area contributed by atoms with E-state index in [0.717, 1.165) is 6.07 Å². The van der Waals surface area contributed by atoms with Gasteiger partial charge in [0.05, 0.1) is 19.8 Å². The van der Waals surface area contributed by atoms with Crippen LogP contribution < -0.4 is 4.74 Å². The molecule has 3 aromatic rings. The number of hydrogen-bond acceptors (Lipinski definition) is 3. The van der Waals surface area contributed by atoms with Gasteiger partial charge in [-0.1, -0.05) is 19.1 Å². The number of ether oxygens (including phenoxy) is 3. The molecule has 0 atom stereocenters. The number of aryl methyl sites for hydroxylation is 1. The molecular formula is C25H20F6O3. The van der Waals surface area contributed by atoms with Crippen molar-refractivity contribution < 1.29 is 40.6 Å². The van der Waals surface area contributed by atoms with E-state index in [-0.39, 0.29) is 36.9 Å². The molecule has 1 fully saturated rings. The maximum atomic E-state index is 14.6. The van der Waals surface area contributed by atoms with Crippen LogP contribution in [-0.4, -0.2) is 19.8 Å². The number of hydrogen-bond donors (Lipinski definition) is 0. The summed E-state index contributed by atoms with van der Waals surface area (Å²) in [5.41, 5.74) is 0.551. The summed E-state index contributed by atoms with van der Waals surface area (Å²) in [5.74, 6) is -7.65. The molecule has 0 unspecified atom stereocenters. The van der Waals surface area contributed by atoms with Crippen LogP contribution in [0.4, 0.5) is 26.3 Å². The second-order valence-corrected chi connectivity index (χ2v) is 7.91. The Hall–Kier alpha value is -3.04. The fourth-order valence-electron chi connectivity index (χ4n) is 3.61. The SMILES string of the molecule is CCc1cc(F)c(OCC2COC(c3ccc(-c4cc(F)c(F)c(F)c4)c(F)c3)OC2)c(F)c1. The first-order chi connectivity index (χ1) is 16.3. The fraction of sp³-hybridized carbons (Fsp3) is 0.280. The topological polar surface area (TPSA) is 27.7 Å². The average molecular weight is 482 g/mol. The smallest absolute Gasteiger partial charge is 0.194 e. The van der Waals surface area contributed by atoms with Crippen LogP contribution in [0.15, 0.2) is 42.5 Å². The van der Waals surface area contributed by atoms with E-state index in [1.807, 2.05) is 0 Å². The molecular weight excluding hydrogens is 462 g/mol. The van der Waals surface area contributed by atoms with Crippen LogP contribution in [0, 0.1) is 40.8 Å². The third kappa shape index (κ3) is 5.05. The Morgan fingerprint density at radius 2 is 1.41 bits per heavy atom. The van der Waals surface area contributed by atoms with Crippen LogP contribution in [0.3, 0.4) is 0 Å². The Labute approximate surface area is 191 Å². The van der Waals surface area contributed by atoms with Gasteiger partial charge in [0.1, 0.15) is 5.82 Å². The number of rotatable bonds is 6. The largest absolute Gasteiger partial charge is 0.487 e. The van der Waals surface area contributed by atoms with Gasteiger partial charge in [-0.15, -0.1) is 0 Å². The Bertz CT molecular complexity index is 1150. The van der Waals surface area contributed by atoms with Gasteiger partial charge in [0.25, 0.3) is 0 Å². The minimum Gasteiger partial charge on any atom is -0.487 e. The molecule has 0 aliphatic carbocycles. The summed E-state index contributed by atoms with van der Waals surface area (Å²) in [6.45, 7) is 1.97. The summed E-state index contributed by atoms with van der Waals surface area (Å²) in [6.07, 6.45) is -0.433. The lowest BCUT2D eigenvalue weighted by Gasteiger charge is -2.29. The van der Waals surface area contributed by atoms with Crippen molar-refractivity contribution in [1.82, 2.24) is 0 Å². The summed E-state index contributed by atoms with van der Waals surface area (Å²) >= 11 is 0. The van der Waals surface area contributed by atoms with Gasteiger partial charge in [0.2, 0.25) is 0 Å². The van der Waals surface area contributed by atoms with Crippen molar-refractivity contribution in [3.63, 3.8) is 0 Å². The molecule has 34 heavy (non-hydrogen) atoms. The van der Waals surface area contributed by atoms with E-state index in [1.54, 1.807) is 6.92 Å². The highest BCUT2D eigenvalue weighted by atomic mass is 19.2. The molecule has 3 nitrogen and oxygen atoms in total. The lowest BCUT2D eigenvalue weighted by Crippen LogP contribution is -2.31. The van der Waals surface area contributed by atoms with Gasteiger partial charge in [-0.05, 0) is 47.9 Å². The lowest BCUT2D eigenvalue weighted by molar-refractivity contribution is -0.208. The zero-order valence-corrected chi connectivity index (χ0v) is 18.0. The molecule has 1 aliphatic rings. The van der Waals surface area contributed by atoms with E-state index in [1.165, 1.54) is 24.3 Å². The highest BCUT2D eigenvalue weighted by Crippen LogP contribution is 2.32. The molecule has 0 spiro atoms. The minimum atomic E-state index is -1.63. The maximum Gasteiger partial charge on any atom is 0.194 e. The van der Waals surface area contributed by atoms with Crippen LogP contribution in [0.2, 0.25) is 0 Å². The Balaban J connectivity index is 1.38. The van der Waals surface area contributed by atoms with Crippen molar-refractivity contribution in [1.29, 1.82) is 0 Å². The number of halogens is 6. The predicted octanol–water partition coefficient (Wildman–Crippen LogP) is 6.49. The van der Waals surface area contributed by atoms with Crippen molar-refractivity contribution in [3.8, 4) is 16.9 Å². The van der Waals surface area contributed by atoms with Gasteiger partial charge in [-0.25, -0.2) is 26.3 Å². The summed E-state index contributed by atoms with van der Waals surface area (Å²) < 4.78 is 99.4. The summed E-state index contributed by atoms with van der Waals surface area (Å²) in [6, 6.07) is 7.68. The highest BCUT2D eigenvalue weighted by molar-refractivity contribution is 5.64. The minimum absolute atomic E-state index is 0.0545. The normalized spacial score (nSPS) is 18.2. The molecule has 0 amide bonds. The Morgan fingerprint density at radius 1 is 0.794 bits per heavy atom. The Morgan fingerprint density at radius 3 is 1.97 bits per heavy atom. The van der Waals surface area contributed by atoms with Gasteiger partial charge >= 0.3 is 0 Å². The van der Waals surface area contributed by atoms with E-state index >= 15 is 0 Å². The third-order valence-corrected chi connectivity index (χ3v) is 5.46. The molecule has 9 heteroatoms. The maximum absolute atomic E-state index is 14.6. The standard InChI is InChI=1S/C25H20F6O3/c1-2-13-5-21(29)24(22(30)6-13)32-10-14-11-33-25(34-12-14)15-3-4-17(18(26)7-15)16-8-19(27)23(31)20(28)9-16/h3-9,14,25H,2,10-12H2,1H3. The van der Waals surface area contributed by atoms with Gasteiger partial charge in [-0.2, -0.15) is 0 Å². The van der Waals surface area contributed by atoms with E-state index < -0.39 is 46.9 Å². The average Bonchev–Trinajstić information content (AvgIpc) is 2.82. The summed E-state index contributed by atoms with van der Waals surface area (Å²) in [7, 11) is 0. The molecule has 0 aromatic heterocycles. The van der Waals surface area contributed by atoms with E-state index in [4.69, 9.17) is 14.2 Å². The van der Waals surface area contributed by atoms with Gasteiger partial charge in [-0.3, -0.25) is 0 Å². The van der Waals surface area contributed by atoms with Crippen LogP contribution in [-0.2, 0) is 15.9 Å². The molecule has 0 saturated carbocycles. The molecule has 1 heterocycles. The zero-order valence-electron chi connectivity index (χ0n) is 18.0. The monoisotopic (exact) mass is 482 g/mol.